The van der Waals surface area contributed by atoms with Crippen LogP contribution in [0.5, 0.6) is 0 Å². The van der Waals surface area contributed by atoms with Gasteiger partial charge in [-0.15, -0.1) is 0 Å². The summed E-state index contributed by atoms with van der Waals surface area (Å²) in [7, 11) is 0. The first-order chi connectivity index (χ1) is 37.6. The average molecular weight is 1090 g/mol. The fraction of sp³-hybridized carbons (Fsp3) is 0.390. The summed E-state index contributed by atoms with van der Waals surface area (Å²) < 4.78 is 0. The molecular weight excluding hydrogens is 985 g/mol. The molecule has 0 aliphatic carbocycles. The van der Waals surface area contributed by atoms with Gasteiger partial charge in [-0.1, -0.05) is 312 Å². The third-order valence-electron chi connectivity index (χ3n) is 16.1. The molecule has 0 saturated carbocycles. The Morgan fingerprint density at radius 2 is 0.293 bits per heavy atom. The SMILES string of the molecule is CC(C)(C)c1cc(/C=C/c2cc(/C=C/c3cc(C(C)(C)C)cc(C(C)(C)C)c3)cc(-c3ccc(-c4cc(/C=C/c5cc(C(C)(C)C)cc(C(C)(C)C)c5)cc(/C=C/c5cc(C(C)(C)C)cc(C(C)(C)C)c5)c4)cc3)c2)cc(C(C)(C)C)c1. The van der Waals surface area contributed by atoms with Crippen LogP contribution >= 0.6 is 0 Å². The van der Waals surface area contributed by atoms with Gasteiger partial charge in [-0.05, 0) is 191 Å². The van der Waals surface area contributed by atoms with E-state index in [1.54, 1.807) is 0 Å². The molecule has 0 heteroatoms. The fourth-order valence-electron chi connectivity index (χ4n) is 10.2. The standard InChI is InChI=1S/C82H102/c1-75(2,3)67-43-59(44-68(51-67)76(4,5)6)29-25-55-37-56(26-30-60-45-69(77(7,8)9)52-70(46-60)78(10,11)12)40-65(39-55)63-33-35-64(36-34-63)66-41-57(27-31-61-47-71(79(13,14)15)53-72(48-61)80(16,17)18)38-58(42-66)28-32-62-49-73(81(19,20)21)54-74(50-62)82(22,23)24/h25-54H,1-24H3/b29-25+,30-26+,31-27+,32-28+. The molecule has 0 aliphatic heterocycles. The maximum atomic E-state index is 2.40. The van der Waals surface area contributed by atoms with Gasteiger partial charge in [-0.3, -0.25) is 0 Å². The molecule has 0 fully saturated rings. The van der Waals surface area contributed by atoms with Crippen molar-refractivity contribution < 1.29 is 0 Å². The highest BCUT2D eigenvalue weighted by atomic mass is 14.3. The van der Waals surface area contributed by atoms with Crippen LogP contribution in [0.1, 0.15) is 255 Å². The van der Waals surface area contributed by atoms with E-state index in [1.165, 1.54) is 111 Å². The Morgan fingerprint density at radius 3 is 0.427 bits per heavy atom. The lowest BCUT2D eigenvalue weighted by atomic mass is 9.79. The van der Waals surface area contributed by atoms with Crippen LogP contribution in [-0.2, 0) is 43.3 Å². The summed E-state index contributed by atoms with van der Waals surface area (Å²) in [6.45, 7) is 55.5. The number of rotatable bonds is 10. The van der Waals surface area contributed by atoms with Gasteiger partial charge in [0.05, 0.1) is 0 Å². The van der Waals surface area contributed by atoms with Crippen LogP contribution in [-0.4, -0.2) is 0 Å². The quantitative estimate of drug-likeness (QED) is 0.120. The van der Waals surface area contributed by atoms with Gasteiger partial charge >= 0.3 is 0 Å². The third-order valence-corrected chi connectivity index (χ3v) is 16.1. The molecule has 0 bridgehead atoms. The Labute approximate surface area is 500 Å². The molecule has 0 spiro atoms. The van der Waals surface area contributed by atoms with Crippen molar-refractivity contribution in [1.29, 1.82) is 0 Å². The van der Waals surface area contributed by atoms with E-state index < -0.39 is 0 Å². The van der Waals surface area contributed by atoms with E-state index in [-0.39, 0.29) is 43.3 Å². The van der Waals surface area contributed by atoms with Gasteiger partial charge in [0.15, 0.2) is 0 Å². The third kappa shape index (κ3) is 16.8. The van der Waals surface area contributed by atoms with Crippen LogP contribution in [0, 0.1) is 0 Å². The van der Waals surface area contributed by atoms with E-state index in [1.807, 2.05) is 0 Å². The van der Waals surface area contributed by atoms with Gasteiger partial charge in [0.1, 0.15) is 0 Å². The van der Waals surface area contributed by atoms with Crippen LogP contribution in [0.25, 0.3) is 70.9 Å². The molecule has 7 aromatic rings. The lowest BCUT2D eigenvalue weighted by Crippen LogP contribution is -2.16. The molecule has 0 radical (unpaired) electrons. The Bertz CT molecular complexity index is 2960. The van der Waals surface area contributed by atoms with Gasteiger partial charge in [-0.25, -0.2) is 0 Å². The highest BCUT2D eigenvalue weighted by Gasteiger charge is 2.24. The molecular formula is C82H102. The predicted molar refractivity (Wildman–Crippen MR) is 368 cm³/mol. The minimum atomic E-state index is 0.0333. The summed E-state index contributed by atoms with van der Waals surface area (Å²) >= 11 is 0. The van der Waals surface area contributed by atoms with E-state index in [9.17, 15) is 0 Å². The van der Waals surface area contributed by atoms with E-state index in [0.29, 0.717) is 0 Å². The molecule has 0 amide bonds. The van der Waals surface area contributed by atoms with Crippen LogP contribution in [0.15, 0.2) is 133 Å². The smallest absolute Gasteiger partial charge is 0.0132 e. The maximum Gasteiger partial charge on any atom is -0.0132 e. The minimum Gasteiger partial charge on any atom is -0.0561 e. The van der Waals surface area contributed by atoms with Gasteiger partial charge in [-0.2, -0.15) is 0 Å². The fourth-order valence-corrected chi connectivity index (χ4v) is 10.2. The van der Waals surface area contributed by atoms with Crippen molar-refractivity contribution in [2.45, 2.75) is 209 Å². The van der Waals surface area contributed by atoms with Crippen molar-refractivity contribution in [3.05, 3.63) is 222 Å². The van der Waals surface area contributed by atoms with Crippen LogP contribution < -0.4 is 0 Å². The summed E-state index contributed by atoms with van der Waals surface area (Å²) in [6, 6.07) is 51.9. The molecule has 0 aliphatic rings. The monoisotopic (exact) mass is 1090 g/mol. The summed E-state index contributed by atoms with van der Waals surface area (Å²) in [5, 5.41) is 0. The first-order valence-corrected chi connectivity index (χ1v) is 30.4. The summed E-state index contributed by atoms with van der Waals surface area (Å²) in [4.78, 5) is 0. The molecule has 0 aromatic heterocycles. The molecule has 82 heavy (non-hydrogen) atoms. The Morgan fingerprint density at radius 1 is 0.159 bits per heavy atom. The average Bonchev–Trinajstić information content (AvgIpc) is 3.56. The Balaban J connectivity index is 1.35. The number of hydrogen-bond acceptors (Lipinski definition) is 0. The first-order valence-electron chi connectivity index (χ1n) is 30.4. The molecule has 0 atom stereocenters. The minimum absolute atomic E-state index is 0.0333. The van der Waals surface area contributed by atoms with Crippen LogP contribution in [0.4, 0.5) is 0 Å². The molecule has 430 valence electrons. The second-order valence-corrected chi connectivity index (χ2v) is 32.1. The van der Waals surface area contributed by atoms with Crippen molar-refractivity contribution in [2.75, 3.05) is 0 Å². The molecule has 0 N–H and O–H groups in total. The summed E-state index contributed by atoms with van der Waals surface area (Å²) in [5.74, 6) is 0. The van der Waals surface area contributed by atoms with Crippen LogP contribution in [0.2, 0.25) is 0 Å². The summed E-state index contributed by atoms with van der Waals surface area (Å²) in [6.07, 6.45) is 18.5. The van der Waals surface area contributed by atoms with Crippen molar-refractivity contribution in [2.24, 2.45) is 0 Å². The van der Waals surface area contributed by atoms with Gasteiger partial charge in [0.2, 0.25) is 0 Å². The number of hydrogen-bond donors (Lipinski definition) is 0. The van der Waals surface area contributed by atoms with Gasteiger partial charge < -0.3 is 0 Å². The molecule has 7 aromatic carbocycles. The highest BCUT2D eigenvalue weighted by molar-refractivity contribution is 5.83. The van der Waals surface area contributed by atoms with Gasteiger partial charge in [0, 0.05) is 0 Å². The normalized spacial score (nSPS) is 13.7. The van der Waals surface area contributed by atoms with Crippen molar-refractivity contribution in [1.82, 2.24) is 0 Å². The highest BCUT2D eigenvalue weighted by Crippen LogP contribution is 2.37. The topological polar surface area (TPSA) is 0 Å². The molecule has 0 heterocycles. The van der Waals surface area contributed by atoms with Crippen molar-refractivity contribution in [3.8, 4) is 22.3 Å². The summed E-state index contributed by atoms with van der Waals surface area (Å²) in [5.41, 5.74) is 25.4. The van der Waals surface area contributed by atoms with E-state index in [2.05, 4.69) is 348 Å². The lowest BCUT2D eigenvalue weighted by molar-refractivity contribution is 0.568. The molecule has 0 nitrogen and oxygen atoms in total. The van der Waals surface area contributed by atoms with Gasteiger partial charge in [0.25, 0.3) is 0 Å². The maximum absolute atomic E-state index is 2.40. The van der Waals surface area contributed by atoms with Crippen LogP contribution in [0.3, 0.4) is 0 Å². The van der Waals surface area contributed by atoms with E-state index >= 15 is 0 Å². The second kappa shape index (κ2) is 23.3. The zero-order chi connectivity index (χ0) is 60.8. The zero-order valence-electron chi connectivity index (χ0n) is 55.3. The largest absolute Gasteiger partial charge is 0.0561 e. The molecule has 0 unspecified atom stereocenters. The van der Waals surface area contributed by atoms with E-state index in [4.69, 9.17) is 0 Å². The number of benzene rings is 7. The molecule has 0 saturated heterocycles. The Hall–Kier alpha value is -6.50. The van der Waals surface area contributed by atoms with E-state index in [0.717, 1.165) is 0 Å². The Kier molecular flexibility index (Phi) is 17.9. The molecule has 7 rings (SSSR count). The zero-order valence-corrected chi connectivity index (χ0v) is 55.3. The second-order valence-electron chi connectivity index (χ2n) is 32.1. The van der Waals surface area contributed by atoms with Crippen molar-refractivity contribution >= 4 is 48.6 Å². The predicted octanol–water partition coefficient (Wildman–Crippen LogP) is 24.1. The lowest BCUT2D eigenvalue weighted by Gasteiger charge is -2.25. The first kappa shape index (κ1) is 63.1. The van der Waals surface area contributed by atoms with Crippen molar-refractivity contribution in [3.63, 3.8) is 0 Å².